The lowest BCUT2D eigenvalue weighted by Gasteiger charge is -2.34. The third kappa shape index (κ3) is 5.07. The zero-order valence-corrected chi connectivity index (χ0v) is 19.4. The van der Waals surface area contributed by atoms with E-state index in [2.05, 4.69) is 55.3 Å². The SMILES string of the molecule is COc1cccc(Cn2c(OC(=O)NC3CCN(C(C)C)CC3)cc3cc(C)ccc32)c1. The number of carbonyl (C=O) groups is 1. The number of amides is 1. The molecule has 4 rings (SSSR count). The van der Waals surface area contributed by atoms with E-state index in [9.17, 15) is 4.79 Å². The number of benzene rings is 2. The summed E-state index contributed by atoms with van der Waals surface area (Å²) in [7, 11) is 1.66. The summed E-state index contributed by atoms with van der Waals surface area (Å²) in [6.07, 6.45) is 1.50. The van der Waals surface area contributed by atoms with Gasteiger partial charge in [-0.1, -0.05) is 23.8 Å². The van der Waals surface area contributed by atoms with Gasteiger partial charge in [0, 0.05) is 36.6 Å². The van der Waals surface area contributed by atoms with E-state index in [1.165, 1.54) is 5.56 Å². The van der Waals surface area contributed by atoms with Gasteiger partial charge in [-0.3, -0.25) is 0 Å². The van der Waals surface area contributed by atoms with E-state index in [0.717, 1.165) is 48.1 Å². The molecule has 0 atom stereocenters. The van der Waals surface area contributed by atoms with E-state index in [-0.39, 0.29) is 12.1 Å². The number of aromatic nitrogens is 1. The van der Waals surface area contributed by atoms with Crippen molar-refractivity contribution < 1.29 is 14.3 Å². The monoisotopic (exact) mass is 435 g/mol. The van der Waals surface area contributed by atoms with Crippen LogP contribution in [-0.2, 0) is 6.54 Å². The maximum absolute atomic E-state index is 12.8. The summed E-state index contributed by atoms with van der Waals surface area (Å²) in [6.45, 7) is 9.07. The molecule has 1 aromatic heterocycles. The van der Waals surface area contributed by atoms with Crippen molar-refractivity contribution >= 4 is 17.0 Å². The summed E-state index contributed by atoms with van der Waals surface area (Å²) in [6, 6.07) is 16.9. The number of nitrogens with one attached hydrogen (secondary N) is 1. The minimum atomic E-state index is -0.389. The van der Waals surface area contributed by atoms with Crippen LogP contribution < -0.4 is 14.8 Å². The quantitative estimate of drug-likeness (QED) is 0.594. The van der Waals surface area contributed by atoms with Gasteiger partial charge in [-0.15, -0.1) is 0 Å². The highest BCUT2D eigenvalue weighted by Crippen LogP contribution is 2.28. The Morgan fingerprint density at radius 3 is 2.62 bits per heavy atom. The van der Waals surface area contributed by atoms with Crippen molar-refractivity contribution in [2.75, 3.05) is 20.2 Å². The zero-order chi connectivity index (χ0) is 22.7. The van der Waals surface area contributed by atoms with Gasteiger partial charge in [-0.25, -0.2) is 4.79 Å². The van der Waals surface area contributed by atoms with Crippen molar-refractivity contribution in [3.63, 3.8) is 0 Å². The maximum Gasteiger partial charge on any atom is 0.414 e. The molecule has 0 unspecified atom stereocenters. The summed E-state index contributed by atoms with van der Waals surface area (Å²) in [5.74, 6) is 1.35. The predicted molar refractivity (Wildman–Crippen MR) is 128 cm³/mol. The van der Waals surface area contributed by atoms with Gasteiger partial charge in [0.2, 0.25) is 5.88 Å². The fourth-order valence-electron chi connectivity index (χ4n) is 4.42. The van der Waals surface area contributed by atoms with Crippen molar-refractivity contribution in [3.8, 4) is 11.6 Å². The fraction of sp³-hybridized carbons (Fsp3) is 0.423. The van der Waals surface area contributed by atoms with E-state index < -0.39 is 0 Å². The maximum atomic E-state index is 12.8. The Morgan fingerprint density at radius 2 is 1.91 bits per heavy atom. The molecule has 0 bridgehead atoms. The van der Waals surface area contributed by atoms with Crippen LogP contribution in [0.3, 0.4) is 0 Å². The molecule has 1 amide bonds. The van der Waals surface area contributed by atoms with Gasteiger partial charge < -0.3 is 24.3 Å². The third-order valence-electron chi connectivity index (χ3n) is 6.27. The lowest BCUT2D eigenvalue weighted by molar-refractivity contribution is 0.151. The molecule has 0 spiro atoms. The Labute approximate surface area is 190 Å². The van der Waals surface area contributed by atoms with Crippen molar-refractivity contribution in [3.05, 3.63) is 59.7 Å². The Balaban J connectivity index is 1.52. The van der Waals surface area contributed by atoms with Crippen molar-refractivity contribution in [1.82, 2.24) is 14.8 Å². The molecule has 0 aliphatic carbocycles. The second-order valence-corrected chi connectivity index (χ2v) is 8.92. The molecule has 0 saturated carbocycles. The second-order valence-electron chi connectivity index (χ2n) is 8.92. The summed E-state index contributed by atoms with van der Waals surface area (Å²) < 4.78 is 13.3. The van der Waals surface area contributed by atoms with E-state index in [1.807, 2.05) is 28.8 Å². The highest BCUT2D eigenvalue weighted by atomic mass is 16.6. The molecule has 2 aromatic carbocycles. The van der Waals surface area contributed by atoms with Crippen LogP contribution in [0.1, 0.15) is 37.8 Å². The summed E-state index contributed by atoms with van der Waals surface area (Å²) in [4.78, 5) is 15.2. The predicted octanol–water partition coefficient (Wildman–Crippen LogP) is 4.97. The molecule has 1 aliphatic heterocycles. The Bertz CT molecular complexity index is 1080. The number of hydrogen-bond donors (Lipinski definition) is 1. The number of likely N-dealkylation sites (tertiary alicyclic amines) is 1. The highest BCUT2D eigenvalue weighted by molar-refractivity contribution is 5.84. The van der Waals surface area contributed by atoms with Crippen LogP contribution in [0.25, 0.3) is 10.9 Å². The standard InChI is InChI=1S/C26H33N3O3/c1-18(2)28-12-10-22(11-13-28)27-26(30)32-25-16-21-14-19(3)8-9-24(21)29(25)17-20-6-5-7-23(15-20)31-4/h5-9,14-16,18,22H,10-13,17H2,1-4H3,(H,27,30). The molecule has 1 saturated heterocycles. The Hall–Kier alpha value is -2.99. The van der Waals surface area contributed by atoms with Crippen molar-refractivity contribution in [2.45, 2.75) is 52.2 Å². The summed E-state index contributed by atoms with van der Waals surface area (Å²) in [5.41, 5.74) is 3.28. The molecule has 6 heteroatoms. The van der Waals surface area contributed by atoms with E-state index in [1.54, 1.807) is 7.11 Å². The zero-order valence-electron chi connectivity index (χ0n) is 19.4. The summed E-state index contributed by atoms with van der Waals surface area (Å²) >= 11 is 0. The molecule has 0 radical (unpaired) electrons. The Morgan fingerprint density at radius 1 is 1.12 bits per heavy atom. The number of aryl methyl sites for hydroxylation is 1. The second kappa shape index (κ2) is 9.65. The molecular weight excluding hydrogens is 402 g/mol. The number of nitrogens with zero attached hydrogens (tertiary/aromatic N) is 2. The third-order valence-corrected chi connectivity index (χ3v) is 6.27. The van der Waals surface area contributed by atoms with Gasteiger partial charge in [0.25, 0.3) is 0 Å². The number of hydrogen-bond acceptors (Lipinski definition) is 4. The number of carbonyl (C=O) groups excluding carboxylic acids is 1. The van der Waals surface area contributed by atoms with Crippen LogP contribution in [0.4, 0.5) is 4.79 Å². The topological polar surface area (TPSA) is 55.7 Å². The van der Waals surface area contributed by atoms with Crippen LogP contribution in [-0.4, -0.2) is 47.8 Å². The first-order chi connectivity index (χ1) is 15.4. The van der Waals surface area contributed by atoms with Crippen LogP contribution >= 0.6 is 0 Å². The number of methoxy groups -OCH3 is 1. The van der Waals surface area contributed by atoms with Gasteiger partial charge >= 0.3 is 6.09 Å². The lowest BCUT2D eigenvalue weighted by atomic mass is 10.0. The van der Waals surface area contributed by atoms with Crippen LogP contribution in [0, 0.1) is 6.92 Å². The first-order valence-corrected chi connectivity index (χ1v) is 11.4. The first kappa shape index (κ1) is 22.2. The minimum absolute atomic E-state index is 0.149. The first-order valence-electron chi connectivity index (χ1n) is 11.4. The van der Waals surface area contributed by atoms with E-state index >= 15 is 0 Å². The molecule has 3 aromatic rings. The van der Waals surface area contributed by atoms with Gasteiger partial charge in [-0.05, 0) is 63.4 Å². The normalized spacial score (nSPS) is 15.3. The van der Waals surface area contributed by atoms with Gasteiger partial charge in [0.1, 0.15) is 5.75 Å². The van der Waals surface area contributed by atoms with Gasteiger partial charge in [0.15, 0.2) is 0 Å². The summed E-state index contributed by atoms with van der Waals surface area (Å²) in [5, 5.41) is 4.13. The number of ether oxygens (including phenoxy) is 2. The lowest BCUT2D eigenvalue weighted by Crippen LogP contribution is -2.47. The fourth-order valence-corrected chi connectivity index (χ4v) is 4.42. The average Bonchev–Trinajstić information content (AvgIpc) is 3.09. The van der Waals surface area contributed by atoms with Crippen molar-refractivity contribution in [1.29, 1.82) is 0 Å². The van der Waals surface area contributed by atoms with Crippen LogP contribution in [0.5, 0.6) is 11.6 Å². The van der Waals surface area contributed by atoms with Gasteiger partial charge in [0.05, 0.1) is 19.2 Å². The van der Waals surface area contributed by atoms with Gasteiger partial charge in [-0.2, -0.15) is 0 Å². The molecular formula is C26H33N3O3. The van der Waals surface area contributed by atoms with E-state index in [4.69, 9.17) is 9.47 Å². The average molecular weight is 436 g/mol. The molecule has 6 nitrogen and oxygen atoms in total. The van der Waals surface area contributed by atoms with E-state index in [0.29, 0.717) is 18.5 Å². The molecule has 170 valence electrons. The molecule has 1 fully saturated rings. The molecule has 1 aliphatic rings. The largest absolute Gasteiger partial charge is 0.497 e. The number of piperidine rings is 1. The molecule has 2 heterocycles. The Kier molecular flexibility index (Phi) is 6.70. The highest BCUT2D eigenvalue weighted by Gasteiger charge is 2.23. The van der Waals surface area contributed by atoms with Crippen molar-refractivity contribution in [2.24, 2.45) is 0 Å². The smallest absolute Gasteiger partial charge is 0.414 e. The number of fused-ring (bicyclic) bond motifs is 1. The van der Waals surface area contributed by atoms with Crippen LogP contribution in [0.15, 0.2) is 48.5 Å². The molecule has 1 N–H and O–H groups in total. The minimum Gasteiger partial charge on any atom is -0.497 e. The number of rotatable bonds is 6. The van der Waals surface area contributed by atoms with Crippen LogP contribution in [0.2, 0.25) is 0 Å². The molecule has 32 heavy (non-hydrogen) atoms.